The first-order valence-electron chi connectivity index (χ1n) is 8.16. The lowest BCUT2D eigenvalue weighted by molar-refractivity contribution is 0.605. The summed E-state index contributed by atoms with van der Waals surface area (Å²) in [4.78, 5) is 12.8. The summed E-state index contributed by atoms with van der Waals surface area (Å²) >= 11 is 0. The molecule has 5 nitrogen and oxygen atoms in total. The monoisotopic (exact) mass is 308 g/mol. The number of nitrogens with zero attached hydrogens (tertiary/aromatic N) is 4. The predicted molar refractivity (Wildman–Crippen MR) is 90.2 cm³/mol. The van der Waals surface area contributed by atoms with Crippen molar-refractivity contribution in [2.45, 2.75) is 46.1 Å². The minimum atomic E-state index is -0.0654. The maximum Gasteiger partial charge on any atom is 0.293 e. The van der Waals surface area contributed by atoms with Gasteiger partial charge >= 0.3 is 0 Å². The van der Waals surface area contributed by atoms with Crippen molar-refractivity contribution in [1.82, 2.24) is 19.6 Å². The topological polar surface area (TPSA) is 52.7 Å². The van der Waals surface area contributed by atoms with Crippen molar-refractivity contribution in [3.8, 4) is 5.69 Å². The lowest BCUT2D eigenvalue weighted by Gasteiger charge is -2.10. The second-order valence-corrected chi connectivity index (χ2v) is 6.39. The number of rotatable bonds is 3. The molecule has 1 aromatic carbocycles. The van der Waals surface area contributed by atoms with Crippen LogP contribution in [0.5, 0.6) is 0 Å². The summed E-state index contributed by atoms with van der Waals surface area (Å²) in [6.07, 6.45) is 4.11. The van der Waals surface area contributed by atoms with Crippen molar-refractivity contribution in [2.24, 2.45) is 0 Å². The fourth-order valence-corrected chi connectivity index (χ4v) is 3.19. The molecule has 0 radical (unpaired) electrons. The van der Waals surface area contributed by atoms with Crippen LogP contribution < -0.4 is 5.56 Å². The number of hydrogen-bond acceptors (Lipinski definition) is 3. The van der Waals surface area contributed by atoms with Crippen LogP contribution in [0.15, 0.2) is 29.2 Å². The normalized spacial score (nSPS) is 14.6. The number of aromatic nitrogens is 4. The molecule has 3 aromatic rings. The molecule has 1 saturated carbocycles. The minimum Gasteiger partial charge on any atom is -0.265 e. The van der Waals surface area contributed by atoms with Crippen molar-refractivity contribution in [1.29, 1.82) is 0 Å². The van der Waals surface area contributed by atoms with Crippen LogP contribution in [-0.4, -0.2) is 19.6 Å². The molecule has 0 N–H and O–H groups in total. The van der Waals surface area contributed by atoms with Crippen LogP contribution in [0.25, 0.3) is 16.6 Å². The third kappa shape index (κ3) is 2.19. The molecule has 0 bridgehead atoms. The van der Waals surface area contributed by atoms with Gasteiger partial charge in [0, 0.05) is 17.8 Å². The average Bonchev–Trinajstić information content (AvgIpc) is 3.27. The van der Waals surface area contributed by atoms with E-state index in [0.29, 0.717) is 18.0 Å². The van der Waals surface area contributed by atoms with Crippen molar-refractivity contribution in [3.63, 3.8) is 0 Å². The first kappa shape index (κ1) is 14.2. The zero-order valence-corrected chi connectivity index (χ0v) is 13.7. The zero-order chi connectivity index (χ0) is 16.1. The maximum atomic E-state index is 12.8. The molecule has 5 heteroatoms. The van der Waals surface area contributed by atoms with E-state index in [-0.39, 0.29) is 5.56 Å². The van der Waals surface area contributed by atoms with Gasteiger partial charge in [0.2, 0.25) is 0 Å². The number of fused-ring (bicyclic) bond motifs is 1. The highest BCUT2D eigenvalue weighted by Crippen LogP contribution is 2.41. The van der Waals surface area contributed by atoms with Gasteiger partial charge in [-0.25, -0.2) is 9.36 Å². The van der Waals surface area contributed by atoms with E-state index in [1.807, 2.05) is 13.0 Å². The molecule has 0 atom stereocenters. The highest BCUT2D eigenvalue weighted by Gasteiger charge is 2.30. The standard InChI is InChI=1S/C18H20N4O/c1-4-21-18(23)17-14(16(20-21)13-6-7-13)10-19-22(17)15-8-5-11(2)9-12(15)3/h5,8-10,13H,4,6-7H2,1-3H3. The van der Waals surface area contributed by atoms with Crippen LogP contribution in [0.3, 0.4) is 0 Å². The molecule has 1 aliphatic rings. The van der Waals surface area contributed by atoms with E-state index in [0.717, 1.165) is 35.2 Å². The van der Waals surface area contributed by atoms with Gasteiger partial charge in [-0.05, 0) is 45.2 Å². The molecule has 0 unspecified atom stereocenters. The molecule has 118 valence electrons. The van der Waals surface area contributed by atoms with Gasteiger partial charge in [0.05, 0.1) is 17.6 Å². The van der Waals surface area contributed by atoms with Crippen molar-refractivity contribution in [3.05, 3.63) is 51.6 Å². The van der Waals surface area contributed by atoms with Gasteiger partial charge in [-0.2, -0.15) is 10.2 Å². The Kier molecular flexibility index (Phi) is 3.11. The van der Waals surface area contributed by atoms with Crippen molar-refractivity contribution >= 4 is 10.9 Å². The van der Waals surface area contributed by atoms with Gasteiger partial charge in [-0.15, -0.1) is 0 Å². The van der Waals surface area contributed by atoms with Crippen LogP contribution in [0.4, 0.5) is 0 Å². The maximum absolute atomic E-state index is 12.8. The smallest absolute Gasteiger partial charge is 0.265 e. The van der Waals surface area contributed by atoms with Crippen LogP contribution in [0.2, 0.25) is 0 Å². The molecular weight excluding hydrogens is 288 g/mol. The summed E-state index contributed by atoms with van der Waals surface area (Å²) in [6.45, 7) is 6.65. The van der Waals surface area contributed by atoms with E-state index in [1.165, 1.54) is 5.56 Å². The molecule has 23 heavy (non-hydrogen) atoms. The lowest BCUT2D eigenvalue weighted by Crippen LogP contribution is -2.25. The predicted octanol–water partition coefficient (Wildman–Crippen LogP) is 3.10. The number of hydrogen-bond donors (Lipinski definition) is 0. The third-order valence-corrected chi connectivity index (χ3v) is 4.55. The highest BCUT2D eigenvalue weighted by molar-refractivity contribution is 5.82. The Morgan fingerprint density at radius 2 is 2.04 bits per heavy atom. The van der Waals surface area contributed by atoms with E-state index in [9.17, 15) is 4.79 Å². The van der Waals surface area contributed by atoms with Crippen LogP contribution >= 0.6 is 0 Å². The summed E-state index contributed by atoms with van der Waals surface area (Å²) in [5.74, 6) is 0.479. The average molecular weight is 308 g/mol. The van der Waals surface area contributed by atoms with Crippen molar-refractivity contribution in [2.75, 3.05) is 0 Å². The summed E-state index contributed by atoms with van der Waals surface area (Å²) in [5, 5.41) is 10.0. The Morgan fingerprint density at radius 1 is 1.26 bits per heavy atom. The summed E-state index contributed by atoms with van der Waals surface area (Å²) in [7, 11) is 0. The van der Waals surface area contributed by atoms with E-state index >= 15 is 0 Å². The second kappa shape index (κ2) is 5.05. The Balaban J connectivity index is 2.05. The third-order valence-electron chi connectivity index (χ3n) is 4.55. The minimum absolute atomic E-state index is 0.0654. The van der Waals surface area contributed by atoms with Gasteiger partial charge in [0.15, 0.2) is 0 Å². The van der Waals surface area contributed by atoms with Gasteiger partial charge in [-0.1, -0.05) is 17.7 Å². The number of aryl methyl sites for hydroxylation is 3. The highest BCUT2D eigenvalue weighted by atomic mass is 16.1. The largest absolute Gasteiger partial charge is 0.293 e. The van der Waals surface area contributed by atoms with Crippen LogP contribution in [0.1, 0.15) is 42.5 Å². The van der Waals surface area contributed by atoms with E-state index in [4.69, 9.17) is 0 Å². The van der Waals surface area contributed by atoms with Crippen LogP contribution in [-0.2, 0) is 6.54 Å². The zero-order valence-electron chi connectivity index (χ0n) is 13.7. The molecular formula is C18H20N4O. The fraction of sp³-hybridized carbons (Fsp3) is 0.389. The van der Waals surface area contributed by atoms with Gasteiger partial charge in [0.1, 0.15) is 5.52 Å². The van der Waals surface area contributed by atoms with Gasteiger partial charge in [0.25, 0.3) is 5.56 Å². The SMILES string of the molecule is CCn1nc(C2CC2)c2cnn(-c3ccc(C)cc3C)c2c1=O. The Bertz CT molecular complexity index is 963. The molecule has 4 rings (SSSR count). The molecule has 2 heterocycles. The fourth-order valence-electron chi connectivity index (χ4n) is 3.19. The van der Waals surface area contributed by atoms with Gasteiger partial charge in [-0.3, -0.25) is 4.79 Å². The summed E-state index contributed by atoms with van der Waals surface area (Å²) < 4.78 is 3.35. The Labute approximate surface area is 134 Å². The molecule has 1 aliphatic carbocycles. The Hall–Kier alpha value is -2.43. The molecule has 2 aromatic heterocycles. The molecule has 0 spiro atoms. The van der Waals surface area contributed by atoms with E-state index in [1.54, 1.807) is 15.6 Å². The quantitative estimate of drug-likeness (QED) is 0.747. The second-order valence-electron chi connectivity index (χ2n) is 6.39. The Morgan fingerprint density at radius 3 is 2.70 bits per heavy atom. The number of benzene rings is 1. The molecule has 0 amide bonds. The summed E-state index contributed by atoms with van der Waals surface area (Å²) in [6, 6.07) is 6.20. The molecule has 1 fully saturated rings. The first-order chi connectivity index (χ1) is 11.1. The van der Waals surface area contributed by atoms with Crippen LogP contribution in [0, 0.1) is 13.8 Å². The first-order valence-corrected chi connectivity index (χ1v) is 8.16. The van der Waals surface area contributed by atoms with E-state index in [2.05, 4.69) is 36.2 Å². The van der Waals surface area contributed by atoms with E-state index < -0.39 is 0 Å². The molecule has 0 aliphatic heterocycles. The lowest BCUT2D eigenvalue weighted by atomic mass is 10.1. The van der Waals surface area contributed by atoms with Gasteiger partial charge < -0.3 is 0 Å². The van der Waals surface area contributed by atoms with Crippen molar-refractivity contribution < 1.29 is 0 Å². The molecule has 0 saturated heterocycles. The summed E-state index contributed by atoms with van der Waals surface area (Å²) in [5.41, 5.74) is 4.88.